The average molecular weight is 268 g/mol. The van der Waals surface area contributed by atoms with Crippen molar-refractivity contribution in [3.8, 4) is 5.75 Å². The molecular weight excluding hydrogens is 244 g/mol. The van der Waals surface area contributed by atoms with Gasteiger partial charge >= 0.3 is 0 Å². The van der Waals surface area contributed by atoms with Crippen molar-refractivity contribution in [2.75, 3.05) is 0 Å². The Balaban J connectivity index is 2.59. The summed E-state index contributed by atoms with van der Waals surface area (Å²) in [5.74, 6) is 0.425. The molecule has 1 heteroatoms. The Labute approximate surface area is 122 Å². The summed E-state index contributed by atoms with van der Waals surface area (Å²) in [6, 6.07) is 16.4. The van der Waals surface area contributed by atoms with E-state index in [1.807, 2.05) is 36.4 Å². The largest absolute Gasteiger partial charge is 0.507 e. The minimum absolute atomic E-state index is 0.0626. The van der Waals surface area contributed by atoms with E-state index in [0.29, 0.717) is 5.75 Å². The molecule has 2 aromatic rings. The molecule has 0 aliphatic carbocycles. The van der Waals surface area contributed by atoms with Crippen LogP contribution >= 0.6 is 0 Å². The number of aromatic hydroxyl groups is 1. The fourth-order valence-electron chi connectivity index (χ4n) is 2.66. The molecular formula is C19H24O. The maximum absolute atomic E-state index is 10.7. The van der Waals surface area contributed by atoms with Crippen molar-refractivity contribution in [1.82, 2.24) is 0 Å². The molecule has 1 nitrogen and oxygen atoms in total. The van der Waals surface area contributed by atoms with Crippen LogP contribution in [0.5, 0.6) is 5.75 Å². The van der Waals surface area contributed by atoms with Gasteiger partial charge in [0.15, 0.2) is 0 Å². The molecule has 0 unspecified atom stereocenters. The molecule has 2 aromatic carbocycles. The number of hydrogen-bond donors (Lipinski definition) is 1. The standard InChI is InChI=1S/C19H24O/c1-18(2,3)15-12-9-13-16(17(15)20)19(4,5)14-10-7-6-8-11-14/h6-13,20H,1-5H3. The highest BCUT2D eigenvalue weighted by atomic mass is 16.3. The second-order valence-corrected chi connectivity index (χ2v) is 6.94. The molecule has 0 amide bonds. The summed E-state index contributed by atoms with van der Waals surface area (Å²) in [6.45, 7) is 10.7. The van der Waals surface area contributed by atoms with Gasteiger partial charge in [-0.15, -0.1) is 0 Å². The van der Waals surface area contributed by atoms with E-state index in [0.717, 1.165) is 11.1 Å². The predicted octanol–water partition coefficient (Wildman–Crippen LogP) is 5.02. The van der Waals surface area contributed by atoms with Crippen molar-refractivity contribution in [3.63, 3.8) is 0 Å². The highest BCUT2D eigenvalue weighted by Crippen LogP contribution is 2.41. The summed E-state index contributed by atoms with van der Waals surface area (Å²) in [5.41, 5.74) is 2.91. The molecule has 0 atom stereocenters. The van der Waals surface area contributed by atoms with Crippen LogP contribution in [0.1, 0.15) is 51.3 Å². The van der Waals surface area contributed by atoms with Gasteiger partial charge in [-0.1, -0.05) is 83.1 Å². The molecule has 0 bridgehead atoms. The summed E-state index contributed by atoms with van der Waals surface area (Å²) in [4.78, 5) is 0. The number of phenolic OH excluding ortho intramolecular Hbond substituents is 1. The van der Waals surface area contributed by atoms with Crippen LogP contribution in [0.4, 0.5) is 0 Å². The first-order valence-electron chi connectivity index (χ1n) is 7.13. The summed E-state index contributed by atoms with van der Waals surface area (Å²) >= 11 is 0. The van der Waals surface area contributed by atoms with Crippen LogP contribution in [0, 0.1) is 0 Å². The number of phenols is 1. The van der Waals surface area contributed by atoms with E-state index in [-0.39, 0.29) is 10.8 Å². The van der Waals surface area contributed by atoms with Crippen molar-refractivity contribution < 1.29 is 5.11 Å². The first kappa shape index (κ1) is 14.6. The summed E-state index contributed by atoms with van der Waals surface area (Å²) in [5, 5.41) is 10.7. The van der Waals surface area contributed by atoms with Crippen LogP contribution in [0.15, 0.2) is 48.5 Å². The van der Waals surface area contributed by atoms with Gasteiger partial charge in [0.2, 0.25) is 0 Å². The fraction of sp³-hybridized carbons (Fsp3) is 0.368. The Bertz CT molecular complexity index is 589. The third kappa shape index (κ3) is 2.58. The van der Waals surface area contributed by atoms with E-state index >= 15 is 0 Å². The van der Waals surface area contributed by atoms with Gasteiger partial charge in [-0.2, -0.15) is 0 Å². The van der Waals surface area contributed by atoms with Gasteiger partial charge in [0.25, 0.3) is 0 Å². The third-order valence-electron chi connectivity index (χ3n) is 4.01. The lowest BCUT2D eigenvalue weighted by molar-refractivity contribution is 0.428. The predicted molar refractivity (Wildman–Crippen MR) is 85.4 cm³/mol. The first-order valence-corrected chi connectivity index (χ1v) is 7.13. The van der Waals surface area contributed by atoms with Crippen LogP contribution in [0.3, 0.4) is 0 Å². The smallest absolute Gasteiger partial charge is 0.123 e. The second kappa shape index (κ2) is 4.97. The van der Waals surface area contributed by atoms with Crippen molar-refractivity contribution >= 4 is 0 Å². The quantitative estimate of drug-likeness (QED) is 0.811. The normalized spacial score (nSPS) is 12.4. The molecule has 0 aliphatic heterocycles. The van der Waals surface area contributed by atoms with Crippen molar-refractivity contribution in [2.24, 2.45) is 0 Å². The zero-order valence-corrected chi connectivity index (χ0v) is 13.1. The van der Waals surface area contributed by atoms with Crippen LogP contribution in [-0.2, 0) is 10.8 Å². The summed E-state index contributed by atoms with van der Waals surface area (Å²) in [6.07, 6.45) is 0. The van der Waals surface area contributed by atoms with Gasteiger partial charge in [-0.25, -0.2) is 0 Å². The lowest BCUT2D eigenvalue weighted by Gasteiger charge is -2.30. The Morgan fingerprint density at radius 3 is 1.80 bits per heavy atom. The highest BCUT2D eigenvalue weighted by molar-refractivity contribution is 5.51. The van der Waals surface area contributed by atoms with Gasteiger partial charge < -0.3 is 5.11 Å². The maximum atomic E-state index is 10.7. The lowest BCUT2D eigenvalue weighted by Crippen LogP contribution is -2.21. The Kier molecular flexibility index (Phi) is 3.64. The molecule has 0 aromatic heterocycles. The van der Waals surface area contributed by atoms with Gasteiger partial charge in [0.05, 0.1) is 0 Å². The van der Waals surface area contributed by atoms with E-state index in [2.05, 4.69) is 46.8 Å². The maximum Gasteiger partial charge on any atom is 0.123 e. The number of benzene rings is 2. The molecule has 2 rings (SSSR count). The lowest BCUT2D eigenvalue weighted by atomic mass is 9.75. The summed E-state index contributed by atoms with van der Waals surface area (Å²) < 4.78 is 0. The highest BCUT2D eigenvalue weighted by Gasteiger charge is 2.29. The summed E-state index contributed by atoms with van der Waals surface area (Å²) in [7, 11) is 0. The molecule has 20 heavy (non-hydrogen) atoms. The number of para-hydroxylation sites is 1. The molecule has 0 saturated carbocycles. The van der Waals surface area contributed by atoms with Crippen LogP contribution in [0.25, 0.3) is 0 Å². The Hall–Kier alpha value is -1.76. The van der Waals surface area contributed by atoms with Gasteiger partial charge in [0.1, 0.15) is 5.75 Å². The molecule has 0 radical (unpaired) electrons. The number of rotatable bonds is 2. The van der Waals surface area contributed by atoms with Gasteiger partial charge in [-0.05, 0) is 16.5 Å². The second-order valence-electron chi connectivity index (χ2n) is 6.94. The van der Waals surface area contributed by atoms with Crippen LogP contribution < -0.4 is 0 Å². The van der Waals surface area contributed by atoms with E-state index in [9.17, 15) is 5.11 Å². The molecule has 0 heterocycles. The van der Waals surface area contributed by atoms with Gasteiger partial charge in [-0.3, -0.25) is 0 Å². The van der Waals surface area contributed by atoms with Crippen molar-refractivity contribution in [1.29, 1.82) is 0 Å². The third-order valence-corrected chi connectivity index (χ3v) is 4.01. The topological polar surface area (TPSA) is 20.2 Å². The van der Waals surface area contributed by atoms with Crippen LogP contribution in [0.2, 0.25) is 0 Å². The van der Waals surface area contributed by atoms with Gasteiger partial charge in [0, 0.05) is 11.0 Å². The zero-order chi connectivity index (χ0) is 15.0. The molecule has 106 valence electrons. The molecule has 0 aliphatic rings. The van der Waals surface area contributed by atoms with Crippen molar-refractivity contribution in [3.05, 3.63) is 65.2 Å². The fourth-order valence-corrected chi connectivity index (χ4v) is 2.66. The monoisotopic (exact) mass is 268 g/mol. The van der Waals surface area contributed by atoms with E-state index in [1.54, 1.807) is 0 Å². The molecule has 0 saturated heterocycles. The molecule has 0 spiro atoms. The minimum atomic E-state index is -0.216. The number of hydrogen-bond acceptors (Lipinski definition) is 1. The van der Waals surface area contributed by atoms with E-state index in [1.165, 1.54) is 5.56 Å². The average Bonchev–Trinajstić information content (AvgIpc) is 2.38. The Morgan fingerprint density at radius 2 is 1.25 bits per heavy atom. The molecule has 1 N–H and O–H groups in total. The van der Waals surface area contributed by atoms with Crippen molar-refractivity contribution in [2.45, 2.75) is 45.4 Å². The van der Waals surface area contributed by atoms with E-state index < -0.39 is 0 Å². The SMILES string of the molecule is CC(C)(C)c1cccc(C(C)(C)c2ccccc2)c1O. The molecule has 0 fully saturated rings. The van der Waals surface area contributed by atoms with Crippen LogP contribution in [-0.4, -0.2) is 5.11 Å². The van der Waals surface area contributed by atoms with E-state index in [4.69, 9.17) is 0 Å². The first-order chi connectivity index (χ1) is 9.24. The zero-order valence-electron chi connectivity index (χ0n) is 13.1. The Morgan fingerprint density at radius 1 is 0.700 bits per heavy atom. The minimum Gasteiger partial charge on any atom is -0.507 e.